The topological polar surface area (TPSA) is 37.4 Å². The van der Waals surface area contributed by atoms with Crippen LogP contribution in [0, 0.1) is 0 Å². The zero-order chi connectivity index (χ0) is 19.3. The lowest BCUT2D eigenvalue weighted by Crippen LogP contribution is -2.32. The standard InChI is InChI=1S/C18H19BrCl3NO2S/c1-13(19)4-2-3-11-23(18-12-15(21)7-10-17(18)22)26(24,25)16-8-5-14(20)6-9-16/h5-10,12-13H,2-4,11H2,1H3/t13-/m1/s1. The van der Waals surface area contributed by atoms with Crippen molar-refractivity contribution >= 4 is 66.4 Å². The van der Waals surface area contributed by atoms with E-state index in [2.05, 4.69) is 22.9 Å². The van der Waals surface area contributed by atoms with Crippen molar-refractivity contribution in [3.8, 4) is 0 Å². The molecule has 0 saturated carbocycles. The minimum atomic E-state index is -3.79. The highest BCUT2D eigenvalue weighted by molar-refractivity contribution is 9.09. The summed E-state index contributed by atoms with van der Waals surface area (Å²) >= 11 is 21.7. The molecule has 2 aromatic carbocycles. The summed E-state index contributed by atoms with van der Waals surface area (Å²) in [6, 6.07) is 10.9. The predicted molar refractivity (Wildman–Crippen MR) is 115 cm³/mol. The lowest BCUT2D eigenvalue weighted by Gasteiger charge is -2.26. The molecule has 0 aliphatic carbocycles. The summed E-state index contributed by atoms with van der Waals surface area (Å²) in [5.41, 5.74) is 0.376. The highest BCUT2D eigenvalue weighted by atomic mass is 79.9. The van der Waals surface area contributed by atoms with Crippen LogP contribution in [-0.2, 0) is 10.0 Å². The number of halogens is 4. The molecule has 3 nitrogen and oxygen atoms in total. The molecule has 2 aromatic rings. The van der Waals surface area contributed by atoms with Crippen LogP contribution in [0.2, 0.25) is 15.1 Å². The fourth-order valence-corrected chi connectivity index (χ4v) is 4.86. The number of anilines is 1. The minimum Gasteiger partial charge on any atom is -0.265 e. The van der Waals surface area contributed by atoms with Gasteiger partial charge in [-0.25, -0.2) is 8.42 Å². The molecule has 2 rings (SSSR count). The first-order chi connectivity index (χ1) is 12.2. The highest BCUT2D eigenvalue weighted by Gasteiger charge is 2.26. The van der Waals surface area contributed by atoms with E-state index in [1.165, 1.54) is 16.4 Å². The van der Waals surface area contributed by atoms with E-state index in [-0.39, 0.29) is 4.90 Å². The second-order valence-corrected chi connectivity index (χ2v) is 10.6. The van der Waals surface area contributed by atoms with Gasteiger partial charge in [-0.15, -0.1) is 0 Å². The van der Waals surface area contributed by atoms with Crippen LogP contribution in [0.15, 0.2) is 47.4 Å². The monoisotopic (exact) mass is 497 g/mol. The van der Waals surface area contributed by atoms with E-state index < -0.39 is 10.0 Å². The van der Waals surface area contributed by atoms with E-state index in [1.54, 1.807) is 30.3 Å². The second kappa shape index (κ2) is 9.65. The molecule has 1 atom stereocenters. The van der Waals surface area contributed by atoms with Crippen molar-refractivity contribution in [1.82, 2.24) is 0 Å². The van der Waals surface area contributed by atoms with Crippen molar-refractivity contribution in [2.75, 3.05) is 10.8 Å². The quantitative estimate of drug-likeness (QED) is 0.296. The van der Waals surface area contributed by atoms with Gasteiger partial charge in [0.1, 0.15) is 0 Å². The lowest BCUT2D eigenvalue weighted by atomic mass is 10.2. The molecule has 0 spiro atoms. The summed E-state index contributed by atoms with van der Waals surface area (Å²) in [6.07, 6.45) is 2.54. The van der Waals surface area contributed by atoms with Crippen molar-refractivity contribution < 1.29 is 8.42 Å². The zero-order valence-electron chi connectivity index (χ0n) is 14.1. The maximum absolute atomic E-state index is 13.2. The molecule has 0 amide bonds. The van der Waals surface area contributed by atoms with E-state index in [0.717, 1.165) is 12.8 Å². The fourth-order valence-electron chi connectivity index (χ4n) is 2.46. The van der Waals surface area contributed by atoms with Crippen molar-refractivity contribution in [3.63, 3.8) is 0 Å². The number of rotatable bonds is 8. The van der Waals surface area contributed by atoms with Gasteiger partial charge in [0.15, 0.2) is 0 Å². The molecule has 0 aromatic heterocycles. The Kier molecular flexibility index (Phi) is 8.10. The van der Waals surface area contributed by atoms with Crippen LogP contribution in [0.4, 0.5) is 5.69 Å². The molecule has 0 fully saturated rings. The van der Waals surface area contributed by atoms with Gasteiger partial charge in [0.2, 0.25) is 0 Å². The maximum atomic E-state index is 13.2. The Morgan fingerprint density at radius 1 is 1.00 bits per heavy atom. The van der Waals surface area contributed by atoms with Crippen molar-refractivity contribution in [2.45, 2.75) is 35.9 Å². The van der Waals surface area contributed by atoms with E-state index >= 15 is 0 Å². The highest BCUT2D eigenvalue weighted by Crippen LogP contribution is 2.33. The van der Waals surface area contributed by atoms with Crippen LogP contribution in [0.5, 0.6) is 0 Å². The average Bonchev–Trinajstić information content (AvgIpc) is 2.57. The Morgan fingerprint density at radius 3 is 2.23 bits per heavy atom. The summed E-state index contributed by atoms with van der Waals surface area (Å²) < 4.78 is 27.7. The molecule has 0 aliphatic heterocycles. The van der Waals surface area contributed by atoms with Crippen LogP contribution in [0.25, 0.3) is 0 Å². The first-order valence-electron chi connectivity index (χ1n) is 8.09. The summed E-state index contributed by atoms with van der Waals surface area (Å²) in [4.78, 5) is 0.547. The molecule has 0 aliphatic rings. The molecule has 142 valence electrons. The maximum Gasteiger partial charge on any atom is 0.264 e. The van der Waals surface area contributed by atoms with E-state index in [9.17, 15) is 8.42 Å². The molecule has 0 heterocycles. The second-order valence-electron chi connectivity index (χ2n) is 5.90. The number of alkyl halides is 1. The van der Waals surface area contributed by atoms with Crippen LogP contribution in [0.3, 0.4) is 0 Å². The molecule has 8 heteroatoms. The first kappa shape index (κ1) is 21.8. The average molecular weight is 500 g/mol. The van der Waals surface area contributed by atoms with E-state index in [0.29, 0.717) is 38.5 Å². The lowest BCUT2D eigenvalue weighted by molar-refractivity contribution is 0.586. The van der Waals surface area contributed by atoms with E-state index in [1.807, 2.05) is 0 Å². The smallest absolute Gasteiger partial charge is 0.264 e. The number of nitrogens with zero attached hydrogens (tertiary/aromatic N) is 1. The van der Waals surface area contributed by atoms with Gasteiger partial charge in [0, 0.05) is 21.4 Å². The molecule has 26 heavy (non-hydrogen) atoms. The molecule has 0 radical (unpaired) electrons. The van der Waals surface area contributed by atoms with Gasteiger partial charge >= 0.3 is 0 Å². The largest absolute Gasteiger partial charge is 0.265 e. The molecule has 0 bridgehead atoms. The van der Waals surface area contributed by atoms with Crippen molar-refractivity contribution in [3.05, 3.63) is 57.5 Å². The summed E-state index contributed by atoms with van der Waals surface area (Å²) in [5.74, 6) is 0. The molecule has 0 saturated heterocycles. The molecular formula is C18H19BrCl3NO2S. The van der Waals surface area contributed by atoms with Gasteiger partial charge in [-0.2, -0.15) is 0 Å². The molecule has 0 unspecified atom stereocenters. The van der Waals surface area contributed by atoms with Crippen molar-refractivity contribution in [2.24, 2.45) is 0 Å². The van der Waals surface area contributed by atoms with Gasteiger partial charge in [0.05, 0.1) is 15.6 Å². The van der Waals surface area contributed by atoms with Gasteiger partial charge in [-0.05, 0) is 55.3 Å². The Morgan fingerprint density at radius 2 is 1.62 bits per heavy atom. The van der Waals surface area contributed by atoms with Gasteiger partial charge in [-0.1, -0.05) is 64.1 Å². The summed E-state index contributed by atoms with van der Waals surface area (Å²) in [6.45, 7) is 2.38. The Hall–Kier alpha value is -0.460. The summed E-state index contributed by atoms with van der Waals surface area (Å²) in [7, 11) is -3.79. The number of hydrogen-bond donors (Lipinski definition) is 0. The molecule has 0 N–H and O–H groups in total. The van der Waals surface area contributed by atoms with Crippen molar-refractivity contribution in [1.29, 1.82) is 0 Å². The summed E-state index contributed by atoms with van der Waals surface area (Å²) in [5, 5.41) is 1.23. The van der Waals surface area contributed by atoms with Crippen LogP contribution in [0.1, 0.15) is 26.2 Å². The SMILES string of the molecule is C[C@@H](Br)CCCCN(c1cc(Cl)ccc1Cl)S(=O)(=O)c1ccc(Cl)cc1. The number of unbranched alkanes of at least 4 members (excludes halogenated alkanes) is 1. The third kappa shape index (κ3) is 5.77. The fraction of sp³-hybridized carbons (Fsp3) is 0.333. The van der Waals surface area contributed by atoms with Gasteiger partial charge < -0.3 is 0 Å². The Bertz CT molecular complexity index is 842. The van der Waals surface area contributed by atoms with Crippen LogP contribution >= 0.6 is 50.7 Å². The Balaban J connectivity index is 2.39. The number of sulfonamides is 1. The van der Waals surface area contributed by atoms with Crippen LogP contribution in [-0.4, -0.2) is 19.8 Å². The number of benzene rings is 2. The number of hydrogen-bond acceptors (Lipinski definition) is 2. The predicted octanol–water partition coefficient (Wildman–Crippen LogP) is 6.80. The first-order valence-corrected chi connectivity index (χ1v) is 11.6. The Labute approximate surface area is 178 Å². The van der Waals surface area contributed by atoms with Crippen LogP contribution < -0.4 is 4.31 Å². The third-order valence-corrected chi connectivity index (χ3v) is 6.88. The molecular weight excluding hydrogens is 481 g/mol. The van der Waals surface area contributed by atoms with E-state index in [4.69, 9.17) is 34.8 Å². The minimum absolute atomic E-state index is 0.159. The third-order valence-electron chi connectivity index (χ3n) is 3.79. The normalized spacial score (nSPS) is 12.8. The van der Waals surface area contributed by atoms with Gasteiger partial charge in [-0.3, -0.25) is 4.31 Å². The zero-order valence-corrected chi connectivity index (χ0v) is 18.8. The van der Waals surface area contributed by atoms with Gasteiger partial charge in [0.25, 0.3) is 10.0 Å².